The molecule has 1 fully saturated rings. The Morgan fingerprint density at radius 3 is 3.05 bits per heavy atom. The molecule has 0 spiro atoms. The van der Waals surface area contributed by atoms with Gasteiger partial charge < -0.3 is 20.1 Å². The van der Waals surface area contributed by atoms with Crippen molar-refractivity contribution in [3.05, 3.63) is 29.3 Å². The smallest absolute Gasteiger partial charge is 0.322 e. The first-order valence-corrected chi connectivity index (χ1v) is 7.57. The van der Waals surface area contributed by atoms with Gasteiger partial charge in [0, 0.05) is 12.2 Å². The Kier molecular flexibility index (Phi) is 4.12. The van der Waals surface area contributed by atoms with Crippen LogP contribution >= 0.6 is 0 Å². The molecular formula is C16H22N2O3. The molecule has 2 unspecified atom stereocenters. The zero-order chi connectivity index (χ0) is 14.8. The third-order valence-electron chi connectivity index (χ3n) is 4.54. The topological polar surface area (TPSA) is 61.8 Å². The molecule has 2 aliphatic rings. The van der Waals surface area contributed by atoms with Crippen molar-refractivity contribution in [1.29, 1.82) is 0 Å². The van der Waals surface area contributed by atoms with Crippen LogP contribution in [-0.2, 0) is 18.0 Å². The number of hydrogen-bond donors (Lipinski definition) is 2. The van der Waals surface area contributed by atoms with Crippen LogP contribution in [0.2, 0.25) is 0 Å². The quantitative estimate of drug-likeness (QED) is 0.879. The zero-order valence-electron chi connectivity index (χ0n) is 12.3. The monoisotopic (exact) mass is 290 g/mol. The lowest BCUT2D eigenvalue weighted by Gasteiger charge is -2.38. The van der Waals surface area contributed by atoms with E-state index in [1.807, 2.05) is 18.2 Å². The molecule has 5 heteroatoms. The number of amides is 2. The number of carbonyl (C=O) groups excluding carboxylic acids is 1. The molecule has 2 N–H and O–H groups in total. The van der Waals surface area contributed by atoms with E-state index in [-0.39, 0.29) is 18.7 Å². The molecule has 0 saturated carbocycles. The SMILES string of the molecule is CC1CCCN(C(=O)Nc2ccc3c(c2)COC3)C1CO. The summed E-state index contributed by atoms with van der Waals surface area (Å²) in [4.78, 5) is 14.2. The predicted molar refractivity (Wildman–Crippen MR) is 79.9 cm³/mol. The summed E-state index contributed by atoms with van der Waals surface area (Å²) >= 11 is 0. The standard InChI is InChI=1S/C16H22N2O3/c1-11-3-2-6-18(15(11)8-19)16(20)17-14-5-4-12-9-21-10-13(12)7-14/h4-5,7,11,15,19H,2-3,6,8-10H2,1H3,(H,17,20). The fraction of sp³-hybridized carbons (Fsp3) is 0.562. The normalized spacial score (nSPS) is 24.8. The van der Waals surface area contributed by atoms with Crippen molar-refractivity contribution in [2.45, 2.75) is 39.0 Å². The van der Waals surface area contributed by atoms with Crippen molar-refractivity contribution in [1.82, 2.24) is 4.90 Å². The number of piperidine rings is 1. The van der Waals surface area contributed by atoms with Crippen molar-refractivity contribution < 1.29 is 14.6 Å². The van der Waals surface area contributed by atoms with E-state index in [9.17, 15) is 9.90 Å². The molecule has 1 aromatic rings. The van der Waals surface area contributed by atoms with E-state index in [2.05, 4.69) is 12.2 Å². The van der Waals surface area contributed by atoms with Gasteiger partial charge in [-0.05, 0) is 42.0 Å². The molecule has 0 aliphatic carbocycles. The predicted octanol–water partition coefficient (Wildman–Crippen LogP) is 2.34. The lowest BCUT2D eigenvalue weighted by atomic mass is 9.91. The van der Waals surface area contributed by atoms with Crippen molar-refractivity contribution in [3.63, 3.8) is 0 Å². The van der Waals surface area contributed by atoms with Gasteiger partial charge in [-0.15, -0.1) is 0 Å². The Labute approximate surface area is 124 Å². The summed E-state index contributed by atoms with van der Waals surface area (Å²) in [6.07, 6.45) is 2.05. The summed E-state index contributed by atoms with van der Waals surface area (Å²) in [5.41, 5.74) is 3.12. The maximum atomic E-state index is 12.5. The van der Waals surface area contributed by atoms with E-state index in [0.717, 1.165) is 24.1 Å². The van der Waals surface area contributed by atoms with Gasteiger partial charge in [0.15, 0.2) is 0 Å². The molecule has 2 aliphatic heterocycles. The average molecular weight is 290 g/mol. The van der Waals surface area contributed by atoms with Gasteiger partial charge in [-0.25, -0.2) is 4.79 Å². The van der Waals surface area contributed by atoms with Crippen LogP contribution in [0.3, 0.4) is 0 Å². The minimum absolute atomic E-state index is 0.0205. The molecule has 0 bridgehead atoms. The fourth-order valence-corrected chi connectivity index (χ4v) is 3.22. The van der Waals surface area contributed by atoms with E-state index < -0.39 is 0 Å². The van der Waals surface area contributed by atoms with Gasteiger partial charge in [0.25, 0.3) is 0 Å². The van der Waals surface area contributed by atoms with Crippen LogP contribution in [0.5, 0.6) is 0 Å². The minimum Gasteiger partial charge on any atom is -0.394 e. The number of carbonyl (C=O) groups is 1. The third kappa shape index (κ3) is 2.89. The number of urea groups is 1. The average Bonchev–Trinajstić information content (AvgIpc) is 2.94. The van der Waals surface area contributed by atoms with Gasteiger partial charge in [0.1, 0.15) is 0 Å². The number of rotatable bonds is 2. The Morgan fingerprint density at radius 1 is 1.43 bits per heavy atom. The van der Waals surface area contributed by atoms with Crippen molar-refractivity contribution in [2.75, 3.05) is 18.5 Å². The van der Waals surface area contributed by atoms with Crippen molar-refractivity contribution in [2.24, 2.45) is 5.92 Å². The first-order chi connectivity index (χ1) is 10.2. The van der Waals surface area contributed by atoms with Crippen LogP contribution in [0.1, 0.15) is 30.9 Å². The number of nitrogens with zero attached hydrogens (tertiary/aromatic N) is 1. The van der Waals surface area contributed by atoms with Crippen LogP contribution in [-0.4, -0.2) is 35.2 Å². The highest BCUT2D eigenvalue weighted by Crippen LogP contribution is 2.26. The second-order valence-electron chi connectivity index (χ2n) is 5.97. The van der Waals surface area contributed by atoms with E-state index in [4.69, 9.17) is 4.74 Å². The highest BCUT2D eigenvalue weighted by Gasteiger charge is 2.31. The summed E-state index contributed by atoms with van der Waals surface area (Å²) in [7, 11) is 0. The number of anilines is 1. The Hall–Kier alpha value is -1.59. The first-order valence-electron chi connectivity index (χ1n) is 7.57. The van der Waals surface area contributed by atoms with Gasteiger partial charge in [-0.2, -0.15) is 0 Å². The number of likely N-dealkylation sites (tertiary alicyclic amines) is 1. The zero-order valence-corrected chi connectivity index (χ0v) is 12.3. The Balaban J connectivity index is 1.70. The number of hydrogen-bond acceptors (Lipinski definition) is 3. The second-order valence-corrected chi connectivity index (χ2v) is 5.97. The van der Waals surface area contributed by atoms with Crippen molar-refractivity contribution in [3.8, 4) is 0 Å². The number of benzene rings is 1. The fourth-order valence-electron chi connectivity index (χ4n) is 3.22. The second kappa shape index (κ2) is 6.03. The maximum absolute atomic E-state index is 12.5. The van der Waals surface area contributed by atoms with E-state index in [0.29, 0.717) is 25.7 Å². The molecule has 21 heavy (non-hydrogen) atoms. The summed E-state index contributed by atoms with van der Waals surface area (Å²) < 4.78 is 5.38. The molecule has 5 nitrogen and oxygen atoms in total. The van der Waals surface area contributed by atoms with E-state index >= 15 is 0 Å². The maximum Gasteiger partial charge on any atom is 0.322 e. The Bertz CT molecular complexity index is 532. The number of fused-ring (bicyclic) bond motifs is 1. The van der Waals surface area contributed by atoms with Crippen LogP contribution in [0, 0.1) is 5.92 Å². The van der Waals surface area contributed by atoms with Gasteiger partial charge in [0.05, 0.1) is 25.9 Å². The number of aliphatic hydroxyl groups excluding tert-OH is 1. The first kappa shape index (κ1) is 14.4. The van der Waals surface area contributed by atoms with E-state index in [1.54, 1.807) is 4.90 Å². The lowest BCUT2D eigenvalue weighted by molar-refractivity contribution is 0.0811. The molecule has 1 saturated heterocycles. The highest BCUT2D eigenvalue weighted by atomic mass is 16.5. The summed E-state index contributed by atoms with van der Waals surface area (Å²) in [5.74, 6) is 0.336. The van der Waals surface area contributed by atoms with Crippen LogP contribution in [0.15, 0.2) is 18.2 Å². The number of ether oxygens (including phenoxy) is 1. The lowest BCUT2D eigenvalue weighted by Crippen LogP contribution is -2.51. The Morgan fingerprint density at radius 2 is 2.24 bits per heavy atom. The number of aliphatic hydroxyl groups is 1. The molecule has 114 valence electrons. The largest absolute Gasteiger partial charge is 0.394 e. The van der Waals surface area contributed by atoms with Crippen molar-refractivity contribution >= 4 is 11.7 Å². The molecule has 3 rings (SSSR count). The minimum atomic E-state index is -0.125. The van der Waals surface area contributed by atoms with Gasteiger partial charge in [0.2, 0.25) is 0 Å². The molecule has 0 radical (unpaired) electrons. The summed E-state index contributed by atoms with van der Waals surface area (Å²) in [6, 6.07) is 5.67. The van der Waals surface area contributed by atoms with Crippen LogP contribution in [0.25, 0.3) is 0 Å². The third-order valence-corrected chi connectivity index (χ3v) is 4.54. The van der Waals surface area contributed by atoms with Crippen LogP contribution < -0.4 is 5.32 Å². The molecule has 2 amide bonds. The summed E-state index contributed by atoms with van der Waals surface area (Å²) in [5, 5.41) is 12.5. The molecule has 2 heterocycles. The molecule has 2 atom stereocenters. The molecule has 1 aromatic carbocycles. The van der Waals surface area contributed by atoms with Gasteiger partial charge in [-0.1, -0.05) is 13.0 Å². The van der Waals surface area contributed by atoms with E-state index in [1.165, 1.54) is 5.56 Å². The molecular weight excluding hydrogens is 268 g/mol. The summed E-state index contributed by atoms with van der Waals surface area (Å²) in [6.45, 7) is 4.08. The van der Waals surface area contributed by atoms with Gasteiger partial charge in [-0.3, -0.25) is 0 Å². The highest BCUT2D eigenvalue weighted by molar-refractivity contribution is 5.89. The number of nitrogens with one attached hydrogen (secondary N) is 1. The molecule has 0 aromatic heterocycles. The van der Waals surface area contributed by atoms with Crippen LogP contribution in [0.4, 0.5) is 10.5 Å². The van der Waals surface area contributed by atoms with Gasteiger partial charge >= 0.3 is 6.03 Å².